The molecule has 0 radical (unpaired) electrons. The van der Waals surface area contributed by atoms with E-state index in [1.165, 1.54) is 18.4 Å². The van der Waals surface area contributed by atoms with Crippen LogP contribution in [-0.2, 0) is 6.54 Å². The van der Waals surface area contributed by atoms with Crippen molar-refractivity contribution in [2.24, 2.45) is 0 Å². The largest absolute Gasteiger partial charge is 0.338 e. The smallest absolute Gasteiger partial charge is 0.138 e. The predicted molar refractivity (Wildman–Crippen MR) is 92.8 cm³/mol. The Hall–Kier alpha value is -2.13. The zero-order valence-electron chi connectivity index (χ0n) is 13.3. The van der Waals surface area contributed by atoms with Crippen LogP contribution in [0.3, 0.4) is 0 Å². The van der Waals surface area contributed by atoms with Crippen molar-refractivity contribution < 1.29 is 0 Å². The first-order chi connectivity index (χ1) is 10.8. The number of nitrogens with zero attached hydrogens (tertiary/aromatic N) is 2. The summed E-state index contributed by atoms with van der Waals surface area (Å²) in [5.41, 5.74) is 4.58. The molecule has 3 nitrogen and oxygen atoms in total. The van der Waals surface area contributed by atoms with Crippen LogP contribution in [0.15, 0.2) is 48.5 Å². The fourth-order valence-electron chi connectivity index (χ4n) is 2.73. The average Bonchev–Trinajstić information content (AvgIpc) is 2.97. The Balaban J connectivity index is 1.81. The summed E-state index contributed by atoms with van der Waals surface area (Å²) >= 11 is 0. The molecule has 1 heterocycles. The third kappa shape index (κ3) is 3.37. The first kappa shape index (κ1) is 14.8. The highest BCUT2D eigenvalue weighted by Crippen LogP contribution is 2.21. The molecule has 0 spiro atoms. The Kier molecular flexibility index (Phi) is 4.54. The van der Waals surface area contributed by atoms with Crippen molar-refractivity contribution in [3.63, 3.8) is 0 Å². The zero-order valence-corrected chi connectivity index (χ0v) is 13.3. The summed E-state index contributed by atoms with van der Waals surface area (Å²) in [5.74, 6) is 0.944. The number of unbranched alkanes of at least 4 members (excludes halogenated alkanes) is 1. The molecule has 0 bridgehead atoms. The molecule has 0 unspecified atom stereocenters. The quantitative estimate of drug-likeness (QED) is 0.727. The predicted octanol–water partition coefficient (Wildman–Crippen LogP) is 4.46. The topological polar surface area (TPSA) is 31.9 Å². The van der Waals surface area contributed by atoms with Gasteiger partial charge in [-0.15, -0.1) is 0 Å². The maximum absolute atomic E-state index is 4.68. The summed E-state index contributed by atoms with van der Waals surface area (Å²) in [4.78, 5) is 10.5. The molecule has 114 valence electrons. The number of hydrogen-bond donors (Lipinski definition) is 1. The Morgan fingerprint density at radius 3 is 2.77 bits per heavy atom. The van der Waals surface area contributed by atoms with Gasteiger partial charge in [0.1, 0.15) is 5.82 Å². The molecule has 0 aliphatic heterocycles. The van der Waals surface area contributed by atoms with Crippen molar-refractivity contribution in [3.05, 3.63) is 54.1 Å². The number of rotatable bonds is 6. The highest BCUT2D eigenvalue weighted by molar-refractivity contribution is 5.79. The maximum atomic E-state index is 4.68. The average molecular weight is 293 g/mol. The van der Waals surface area contributed by atoms with Crippen LogP contribution in [0.4, 0.5) is 0 Å². The molecule has 0 aliphatic carbocycles. The van der Waals surface area contributed by atoms with Gasteiger partial charge in [-0.25, -0.2) is 4.98 Å². The second kappa shape index (κ2) is 6.75. The van der Waals surface area contributed by atoms with E-state index in [0.717, 1.165) is 35.5 Å². The van der Waals surface area contributed by atoms with Gasteiger partial charge in [-0.2, -0.15) is 0 Å². The highest BCUT2D eigenvalue weighted by atomic mass is 15.1. The lowest BCUT2D eigenvalue weighted by Gasteiger charge is -2.16. The minimum atomic E-state index is 0.944. The highest BCUT2D eigenvalue weighted by Gasteiger charge is 2.06. The number of para-hydroxylation sites is 2. The maximum Gasteiger partial charge on any atom is 0.138 e. The fourth-order valence-corrected chi connectivity index (χ4v) is 2.73. The van der Waals surface area contributed by atoms with Crippen molar-refractivity contribution in [1.82, 2.24) is 14.9 Å². The Morgan fingerprint density at radius 1 is 1.09 bits per heavy atom. The van der Waals surface area contributed by atoms with Gasteiger partial charge in [0.05, 0.1) is 11.0 Å². The summed E-state index contributed by atoms with van der Waals surface area (Å²) in [5, 5.41) is 0. The Morgan fingerprint density at radius 2 is 1.95 bits per heavy atom. The number of aromatic nitrogens is 2. The van der Waals surface area contributed by atoms with Gasteiger partial charge in [0.15, 0.2) is 0 Å². The third-order valence-electron chi connectivity index (χ3n) is 3.94. The summed E-state index contributed by atoms with van der Waals surface area (Å²) in [6.45, 7) is 4.36. The number of benzene rings is 2. The van der Waals surface area contributed by atoms with Crippen molar-refractivity contribution in [2.45, 2.75) is 26.3 Å². The third-order valence-corrected chi connectivity index (χ3v) is 3.94. The first-order valence-electron chi connectivity index (χ1n) is 7.99. The number of imidazole rings is 1. The van der Waals surface area contributed by atoms with E-state index >= 15 is 0 Å². The molecule has 0 saturated carbocycles. The van der Waals surface area contributed by atoms with E-state index in [9.17, 15) is 0 Å². The minimum absolute atomic E-state index is 0.944. The fraction of sp³-hybridized carbons (Fsp3) is 0.316. The van der Waals surface area contributed by atoms with Gasteiger partial charge in [-0.3, -0.25) is 0 Å². The molecule has 2 aromatic carbocycles. The van der Waals surface area contributed by atoms with Crippen molar-refractivity contribution in [2.75, 3.05) is 13.6 Å². The van der Waals surface area contributed by atoms with E-state index in [2.05, 4.69) is 59.2 Å². The van der Waals surface area contributed by atoms with Gasteiger partial charge in [0.2, 0.25) is 0 Å². The lowest BCUT2D eigenvalue weighted by molar-refractivity contribution is 0.321. The molecule has 0 saturated heterocycles. The molecule has 1 aromatic heterocycles. The monoisotopic (exact) mass is 293 g/mol. The van der Waals surface area contributed by atoms with E-state index < -0.39 is 0 Å². The summed E-state index contributed by atoms with van der Waals surface area (Å²) in [6.07, 6.45) is 2.49. The van der Waals surface area contributed by atoms with Gasteiger partial charge < -0.3 is 9.88 Å². The Bertz CT molecular complexity index is 712. The normalized spacial score (nSPS) is 11.4. The van der Waals surface area contributed by atoms with Gasteiger partial charge in [0, 0.05) is 12.1 Å². The van der Waals surface area contributed by atoms with Crippen LogP contribution in [-0.4, -0.2) is 28.5 Å². The van der Waals surface area contributed by atoms with E-state index in [4.69, 9.17) is 0 Å². The number of fused-ring (bicyclic) bond motifs is 1. The van der Waals surface area contributed by atoms with E-state index in [1.807, 2.05) is 18.2 Å². The molecule has 1 N–H and O–H groups in total. The lowest BCUT2D eigenvalue weighted by Crippen LogP contribution is -2.18. The van der Waals surface area contributed by atoms with E-state index in [-0.39, 0.29) is 0 Å². The molecule has 3 aromatic rings. The van der Waals surface area contributed by atoms with Crippen LogP contribution < -0.4 is 0 Å². The summed E-state index contributed by atoms with van der Waals surface area (Å²) < 4.78 is 0. The van der Waals surface area contributed by atoms with Crippen LogP contribution in [0.5, 0.6) is 0 Å². The molecule has 3 rings (SSSR count). The van der Waals surface area contributed by atoms with Crippen molar-refractivity contribution in [1.29, 1.82) is 0 Å². The second-order valence-electron chi connectivity index (χ2n) is 5.89. The van der Waals surface area contributed by atoms with E-state index in [1.54, 1.807) is 0 Å². The second-order valence-corrected chi connectivity index (χ2v) is 5.89. The number of H-pyrrole nitrogens is 1. The minimum Gasteiger partial charge on any atom is -0.338 e. The van der Waals surface area contributed by atoms with E-state index in [0.29, 0.717) is 0 Å². The van der Waals surface area contributed by atoms with Crippen LogP contribution in [0, 0.1) is 0 Å². The molecule has 0 aliphatic rings. The molecular weight excluding hydrogens is 270 g/mol. The summed E-state index contributed by atoms with van der Waals surface area (Å²) in [6, 6.07) is 16.8. The zero-order chi connectivity index (χ0) is 15.4. The molecule has 22 heavy (non-hydrogen) atoms. The molecule has 0 fully saturated rings. The van der Waals surface area contributed by atoms with Gasteiger partial charge in [0.25, 0.3) is 0 Å². The molecule has 3 heteroatoms. The first-order valence-corrected chi connectivity index (χ1v) is 7.99. The van der Waals surface area contributed by atoms with Crippen molar-refractivity contribution in [3.8, 4) is 11.4 Å². The number of hydrogen-bond acceptors (Lipinski definition) is 2. The molecule has 0 atom stereocenters. The molecular formula is C19H23N3. The van der Waals surface area contributed by atoms with Crippen LogP contribution in [0.2, 0.25) is 0 Å². The SMILES string of the molecule is CCCCN(C)Cc1cccc(-c2nc3ccccc3[nH]2)c1. The lowest BCUT2D eigenvalue weighted by atomic mass is 10.1. The van der Waals surface area contributed by atoms with Gasteiger partial charge in [-0.1, -0.05) is 43.7 Å². The van der Waals surface area contributed by atoms with Crippen molar-refractivity contribution >= 4 is 11.0 Å². The standard InChI is InChI=1S/C19H23N3/c1-3-4-12-22(2)14-15-8-7-9-16(13-15)19-20-17-10-5-6-11-18(17)21-19/h5-11,13H,3-4,12,14H2,1-2H3,(H,20,21). The molecule has 0 amide bonds. The summed E-state index contributed by atoms with van der Waals surface area (Å²) in [7, 11) is 2.18. The Labute approximate surface area is 132 Å². The number of aromatic amines is 1. The van der Waals surface area contributed by atoms with Crippen LogP contribution in [0.1, 0.15) is 25.3 Å². The number of nitrogens with one attached hydrogen (secondary N) is 1. The van der Waals surface area contributed by atoms with Gasteiger partial charge in [-0.05, 0) is 43.8 Å². The van der Waals surface area contributed by atoms with Gasteiger partial charge >= 0.3 is 0 Å². The van der Waals surface area contributed by atoms with Crippen LogP contribution in [0.25, 0.3) is 22.4 Å². The van der Waals surface area contributed by atoms with Crippen LogP contribution >= 0.6 is 0 Å².